The molecule has 13 heavy (non-hydrogen) atoms. The van der Waals surface area contributed by atoms with Gasteiger partial charge in [-0.25, -0.2) is 0 Å². The highest BCUT2D eigenvalue weighted by Crippen LogP contribution is 2.22. The summed E-state index contributed by atoms with van der Waals surface area (Å²) in [6.07, 6.45) is 1.77. The molecular weight excluding hydrogens is 162 g/mol. The SMILES string of the molecule is CC(C#N)c1cccc2cn[nH]c12. The van der Waals surface area contributed by atoms with E-state index in [4.69, 9.17) is 5.26 Å². The van der Waals surface area contributed by atoms with Crippen LogP contribution in [0, 0.1) is 11.3 Å². The van der Waals surface area contributed by atoms with E-state index in [1.807, 2.05) is 25.1 Å². The topological polar surface area (TPSA) is 52.5 Å². The number of hydrogen-bond acceptors (Lipinski definition) is 2. The number of para-hydroxylation sites is 1. The first-order valence-corrected chi connectivity index (χ1v) is 4.14. The number of H-pyrrole nitrogens is 1. The Morgan fingerprint density at radius 2 is 2.38 bits per heavy atom. The molecule has 0 saturated heterocycles. The van der Waals surface area contributed by atoms with Gasteiger partial charge in [-0.1, -0.05) is 18.2 Å². The van der Waals surface area contributed by atoms with E-state index in [1.54, 1.807) is 6.20 Å². The third-order valence-electron chi connectivity index (χ3n) is 2.17. The molecule has 2 aromatic rings. The number of nitrogens with zero attached hydrogens (tertiary/aromatic N) is 2. The van der Waals surface area contributed by atoms with Crippen molar-refractivity contribution in [2.24, 2.45) is 0 Å². The van der Waals surface area contributed by atoms with E-state index < -0.39 is 0 Å². The molecule has 1 heterocycles. The fraction of sp³-hybridized carbons (Fsp3) is 0.200. The van der Waals surface area contributed by atoms with Gasteiger partial charge in [-0.3, -0.25) is 5.10 Å². The number of nitrogens with one attached hydrogen (secondary N) is 1. The Kier molecular flexibility index (Phi) is 1.75. The zero-order valence-electron chi connectivity index (χ0n) is 7.28. The average molecular weight is 171 g/mol. The second kappa shape index (κ2) is 2.91. The second-order valence-corrected chi connectivity index (χ2v) is 3.03. The Labute approximate surface area is 76.0 Å². The molecule has 0 saturated carbocycles. The highest BCUT2D eigenvalue weighted by Gasteiger charge is 2.08. The maximum absolute atomic E-state index is 8.80. The van der Waals surface area contributed by atoms with Crippen molar-refractivity contribution < 1.29 is 0 Å². The van der Waals surface area contributed by atoms with Crippen molar-refractivity contribution in [3.05, 3.63) is 30.0 Å². The number of benzene rings is 1. The summed E-state index contributed by atoms with van der Waals surface area (Å²) in [7, 11) is 0. The van der Waals surface area contributed by atoms with Gasteiger partial charge in [0.2, 0.25) is 0 Å². The predicted molar refractivity (Wildman–Crippen MR) is 50.1 cm³/mol. The Hall–Kier alpha value is -1.82. The first-order chi connectivity index (χ1) is 6.33. The van der Waals surface area contributed by atoms with Gasteiger partial charge in [0.1, 0.15) is 0 Å². The van der Waals surface area contributed by atoms with E-state index in [-0.39, 0.29) is 5.92 Å². The van der Waals surface area contributed by atoms with E-state index >= 15 is 0 Å². The number of nitriles is 1. The van der Waals surface area contributed by atoms with Gasteiger partial charge in [0.05, 0.1) is 23.7 Å². The summed E-state index contributed by atoms with van der Waals surface area (Å²) < 4.78 is 0. The highest BCUT2D eigenvalue weighted by atomic mass is 15.1. The van der Waals surface area contributed by atoms with Crippen LogP contribution < -0.4 is 0 Å². The molecule has 3 heteroatoms. The van der Waals surface area contributed by atoms with Crippen LogP contribution in [0.4, 0.5) is 0 Å². The van der Waals surface area contributed by atoms with Crippen LogP contribution in [0.1, 0.15) is 18.4 Å². The number of hydrogen-bond donors (Lipinski definition) is 1. The van der Waals surface area contributed by atoms with E-state index in [1.165, 1.54) is 0 Å². The van der Waals surface area contributed by atoms with E-state index in [9.17, 15) is 0 Å². The molecule has 64 valence electrons. The van der Waals surface area contributed by atoms with Crippen LogP contribution in [-0.2, 0) is 0 Å². The van der Waals surface area contributed by atoms with Crippen molar-refractivity contribution in [1.29, 1.82) is 5.26 Å². The lowest BCUT2D eigenvalue weighted by molar-refractivity contribution is 0.982. The minimum absolute atomic E-state index is 0.0934. The van der Waals surface area contributed by atoms with E-state index in [0.29, 0.717) is 0 Å². The molecule has 3 nitrogen and oxygen atoms in total. The number of aromatic amines is 1. The van der Waals surface area contributed by atoms with Crippen LogP contribution in [0.25, 0.3) is 10.9 Å². The van der Waals surface area contributed by atoms with Crippen LogP contribution >= 0.6 is 0 Å². The number of aromatic nitrogens is 2. The van der Waals surface area contributed by atoms with Gasteiger partial charge in [-0.05, 0) is 12.5 Å². The van der Waals surface area contributed by atoms with Crippen molar-refractivity contribution in [3.8, 4) is 6.07 Å². The molecular formula is C10H9N3. The minimum atomic E-state index is -0.0934. The minimum Gasteiger partial charge on any atom is -0.278 e. The third-order valence-corrected chi connectivity index (χ3v) is 2.17. The molecule has 1 aromatic carbocycles. The molecule has 0 aliphatic carbocycles. The summed E-state index contributed by atoms with van der Waals surface area (Å²) >= 11 is 0. The molecule has 0 bridgehead atoms. The molecule has 1 atom stereocenters. The lowest BCUT2D eigenvalue weighted by atomic mass is 10.0. The molecule has 0 spiro atoms. The summed E-state index contributed by atoms with van der Waals surface area (Å²) in [5.74, 6) is -0.0934. The summed E-state index contributed by atoms with van der Waals surface area (Å²) in [6, 6.07) is 8.09. The van der Waals surface area contributed by atoms with Gasteiger partial charge in [0.15, 0.2) is 0 Å². The molecule has 1 unspecified atom stereocenters. The van der Waals surface area contributed by atoms with Crippen LogP contribution in [0.15, 0.2) is 24.4 Å². The number of rotatable bonds is 1. The van der Waals surface area contributed by atoms with Gasteiger partial charge < -0.3 is 0 Å². The average Bonchev–Trinajstić information content (AvgIpc) is 2.63. The van der Waals surface area contributed by atoms with Crippen LogP contribution in [0.3, 0.4) is 0 Å². The van der Waals surface area contributed by atoms with Crippen LogP contribution in [-0.4, -0.2) is 10.2 Å². The van der Waals surface area contributed by atoms with E-state index in [0.717, 1.165) is 16.5 Å². The van der Waals surface area contributed by atoms with Gasteiger partial charge in [-0.2, -0.15) is 10.4 Å². The molecule has 0 aliphatic heterocycles. The van der Waals surface area contributed by atoms with Crippen molar-refractivity contribution in [2.45, 2.75) is 12.8 Å². The lowest BCUT2D eigenvalue weighted by Gasteiger charge is -2.02. The maximum atomic E-state index is 8.80. The fourth-order valence-corrected chi connectivity index (χ4v) is 1.42. The van der Waals surface area contributed by atoms with Crippen molar-refractivity contribution in [1.82, 2.24) is 10.2 Å². The Balaban J connectivity index is 2.69. The smallest absolute Gasteiger partial charge is 0.0705 e. The fourth-order valence-electron chi connectivity index (χ4n) is 1.42. The zero-order chi connectivity index (χ0) is 9.26. The van der Waals surface area contributed by atoms with Crippen molar-refractivity contribution >= 4 is 10.9 Å². The molecule has 0 radical (unpaired) electrons. The van der Waals surface area contributed by atoms with E-state index in [2.05, 4.69) is 16.3 Å². The van der Waals surface area contributed by atoms with Crippen LogP contribution in [0.2, 0.25) is 0 Å². The molecule has 0 aliphatic rings. The molecule has 0 fully saturated rings. The van der Waals surface area contributed by atoms with Gasteiger partial charge in [0.25, 0.3) is 0 Å². The summed E-state index contributed by atoms with van der Waals surface area (Å²) in [6.45, 7) is 1.88. The summed E-state index contributed by atoms with van der Waals surface area (Å²) in [5.41, 5.74) is 1.98. The normalized spacial score (nSPS) is 12.6. The monoisotopic (exact) mass is 171 g/mol. The molecule has 1 aromatic heterocycles. The maximum Gasteiger partial charge on any atom is 0.0705 e. The molecule has 2 rings (SSSR count). The predicted octanol–water partition coefficient (Wildman–Crippen LogP) is 2.19. The first kappa shape index (κ1) is 7.81. The first-order valence-electron chi connectivity index (χ1n) is 4.14. The Morgan fingerprint density at radius 3 is 3.15 bits per heavy atom. The van der Waals surface area contributed by atoms with Gasteiger partial charge in [0, 0.05) is 5.39 Å². The summed E-state index contributed by atoms with van der Waals surface area (Å²) in [5, 5.41) is 16.7. The molecule has 0 amide bonds. The second-order valence-electron chi connectivity index (χ2n) is 3.03. The zero-order valence-corrected chi connectivity index (χ0v) is 7.28. The summed E-state index contributed by atoms with van der Waals surface area (Å²) in [4.78, 5) is 0. The van der Waals surface area contributed by atoms with Gasteiger partial charge >= 0.3 is 0 Å². The Morgan fingerprint density at radius 1 is 1.54 bits per heavy atom. The van der Waals surface area contributed by atoms with Crippen molar-refractivity contribution in [2.75, 3.05) is 0 Å². The third kappa shape index (κ3) is 1.17. The molecule has 1 N–H and O–H groups in total. The van der Waals surface area contributed by atoms with Crippen LogP contribution in [0.5, 0.6) is 0 Å². The number of fused-ring (bicyclic) bond motifs is 1. The largest absolute Gasteiger partial charge is 0.278 e. The standard InChI is InChI=1S/C10H9N3/c1-7(5-11)9-4-2-3-8-6-12-13-10(8)9/h2-4,6-7H,1H3,(H,12,13). The Bertz CT molecular complexity index is 464. The van der Waals surface area contributed by atoms with Crippen molar-refractivity contribution in [3.63, 3.8) is 0 Å². The lowest BCUT2D eigenvalue weighted by Crippen LogP contribution is -1.90. The highest BCUT2D eigenvalue weighted by molar-refractivity contribution is 5.81. The van der Waals surface area contributed by atoms with Gasteiger partial charge in [-0.15, -0.1) is 0 Å². The quantitative estimate of drug-likeness (QED) is 0.715.